The van der Waals surface area contributed by atoms with Crippen LogP contribution in [0.2, 0.25) is 10.0 Å². The van der Waals surface area contributed by atoms with Gasteiger partial charge in [0.2, 0.25) is 0 Å². The van der Waals surface area contributed by atoms with Crippen molar-refractivity contribution in [2.24, 2.45) is 5.73 Å². The van der Waals surface area contributed by atoms with Crippen molar-refractivity contribution in [3.8, 4) is 5.75 Å². The van der Waals surface area contributed by atoms with Crippen molar-refractivity contribution in [1.29, 1.82) is 0 Å². The van der Waals surface area contributed by atoms with Gasteiger partial charge in [-0.15, -0.1) is 0 Å². The van der Waals surface area contributed by atoms with Crippen molar-refractivity contribution in [3.63, 3.8) is 0 Å². The zero-order chi connectivity index (χ0) is 15.4. The summed E-state index contributed by atoms with van der Waals surface area (Å²) < 4.78 is 5.43. The molecule has 0 radical (unpaired) electrons. The van der Waals surface area contributed by atoms with Crippen LogP contribution in [0, 0.1) is 6.92 Å². The van der Waals surface area contributed by atoms with E-state index in [-0.39, 0.29) is 6.04 Å². The van der Waals surface area contributed by atoms with Crippen LogP contribution in [0.4, 0.5) is 0 Å². The zero-order valence-corrected chi connectivity index (χ0v) is 13.7. The molecule has 0 aliphatic carbocycles. The van der Waals surface area contributed by atoms with Crippen LogP contribution in [-0.2, 0) is 6.42 Å². The molecule has 2 nitrogen and oxygen atoms in total. The Balaban J connectivity index is 2.23. The van der Waals surface area contributed by atoms with Crippen LogP contribution >= 0.6 is 23.2 Å². The maximum absolute atomic E-state index is 6.31. The lowest BCUT2D eigenvalue weighted by Crippen LogP contribution is -2.14. The second kappa shape index (κ2) is 7.17. The Morgan fingerprint density at radius 2 is 1.90 bits per heavy atom. The first-order valence-electron chi connectivity index (χ1n) is 6.94. The molecule has 0 aliphatic heterocycles. The van der Waals surface area contributed by atoms with Crippen molar-refractivity contribution in [2.75, 3.05) is 6.61 Å². The number of aryl methyl sites for hydroxylation is 1. The first-order valence-corrected chi connectivity index (χ1v) is 7.69. The Morgan fingerprint density at radius 3 is 2.57 bits per heavy atom. The minimum Gasteiger partial charge on any atom is -0.492 e. The third-order valence-electron chi connectivity index (χ3n) is 3.29. The fourth-order valence-corrected chi connectivity index (χ4v) is 2.82. The topological polar surface area (TPSA) is 35.2 Å². The second-order valence-corrected chi connectivity index (χ2v) is 5.85. The van der Waals surface area contributed by atoms with Crippen molar-refractivity contribution in [2.45, 2.75) is 26.3 Å². The third-order valence-corrected chi connectivity index (χ3v) is 3.91. The SMILES string of the molecule is CCOc1cc(Cl)c(C(N)Cc2cccc(C)c2)cc1Cl. The number of halogens is 2. The minimum atomic E-state index is -0.201. The molecule has 0 bridgehead atoms. The van der Waals surface area contributed by atoms with E-state index >= 15 is 0 Å². The molecule has 0 saturated carbocycles. The van der Waals surface area contributed by atoms with Gasteiger partial charge in [-0.1, -0.05) is 53.0 Å². The van der Waals surface area contributed by atoms with E-state index in [9.17, 15) is 0 Å². The highest BCUT2D eigenvalue weighted by Gasteiger charge is 2.15. The van der Waals surface area contributed by atoms with Gasteiger partial charge < -0.3 is 10.5 Å². The molecule has 0 fully saturated rings. The van der Waals surface area contributed by atoms with Gasteiger partial charge in [0, 0.05) is 17.1 Å². The highest BCUT2D eigenvalue weighted by molar-refractivity contribution is 6.34. The number of hydrogen-bond donors (Lipinski definition) is 1. The van der Waals surface area contributed by atoms with Crippen LogP contribution in [0.3, 0.4) is 0 Å². The van der Waals surface area contributed by atoms with Crippen LogP contribution in [0.25, 0.3) is 0 Å². The van der Waals surface area contributed by atoms with Crippen LogP contribution < -0.4 is 10.5 Å². The summed E-state index contributed by atoms with van der Waals surface area (Å²) in [4.78, 5) is 0. The summed E-state index contributed by atoms with van der Waals surface area (Å²) in [5.41, 5.74) is 9.53. The molecule has 0 spiro atoms. The predicted octanol–water partition coefficient (Wildman–Crippen LogP) is 4.94. The molecule has 0 amide bonds. The number of rotatable bonds is 5. The molecule has 0 aromatic heterocycles. The van der Waals surface area contributed by atoms with Gasteiger partial charge in [0.15, 0.2) is 0 Å². The van der Waals surface area contributed by atoms with E-state index in [4.69, 9.17) is 33.7 Å². The highest BCUT2D eigenvalue weighted by Crippen LogP contribution is 2.34. The molecule has 1 unspecified atom stereocenters. The number of benzene rings is 2. The average Bonchev–Trinajstić information content (AvgIpc) is 2.42. The first kappa shape index (κ1) is 16.2. The normalized spacial score (nSPS) is 12.2. The summed E-state index contributed by atoms with van der Waals surface area (Å²) in [6.07, 6.45) is 0.714. The molecule has 4 heteroatoms. The molecule has 1 atom stereocenters. The van der Waals surface area contributed by atoms with Crippen LogP contribution in [0.1, 0.15) is 29.7 Å². The molecule has 0 heterocycles. The van der Waals surface area contributed by atoms with E-state index in [1.165, 1.54) is 11.1 Å². The van der Waals surface area contributed by atoms with Crippen molar-refractivity contribution >= 4 is 23.2 Å². The summed E-state index contributed by atoms with van der Waals surface area (Å²) in [7, 11) is 0. The van der Waals surface area contributed by atoms with E-state index in [1.54, 1.807) is 12.1 Å². The summed E-state index contributed by atoms with van der Waals surface area (Å²) >= 11 is 12.5. The lowest BCUT2D eigenvalue weighted by Gasteiger charge is -2.16. The van der Waals surface area contributed by atoms with Crippen LogP contribution in [0.15, 0.2) is 36.4 Å². The molecular formula is C17H19Cl2NO. The predicted molar refractivity (Wildman–Crippen MR) is 89.4 cm³/mol. The van der Waals surface area contributed by atoms with E-state index < -0.39 is 0 Å². The lowest BCUT2D eigenvalue weighted by molar-refractivity contribution is 0.340. The van der Waals surface area contributed by atoms with Crippen molar-refractivity contribution < 1.29 is 4.74 Å². The van der Waals surface area contributed by atoms with Gasteiger partial charge in [-0.3, -0.25) is 0 Å². The standard InChI is InChI=1S/C17H19Cl2NO/c1-3-21-17-10-14(18)13(9-15(17)19)16(20)8-12-6-4-5-11(2)7-12/h4-7,9-10,16H,3,8,20H2,1-2H3. The summed E-state index contributed by atoms with van der Waals surface area (Å²) in [5, 5.41) is 1.12. The highest BCUT2D eigenvalue weighted by atomic mass is 35.5. The molecule has 0 aliphatic rings. The number of hydrogen-bond acceptors (Lipinski definition) is 2. The lowest BCUT2D eigenvalue weighted by atomic mass is 9.98. The molecule has 2 aromatic carbocycles. The quantitative estimate of drug-likeness (QED) is 0.845. The Morgan fingerprint density at radius 1 is 1.14 bits per heavy atom. The number of nitrogens with two attached hydrogens (primary N) is 1. The summed E-state index contributed by atoms with van der Waals surface area (Å²) in [5.74, 6) is 0.593. The first-order chi connectivity index (χ1) is 10.0. The van der Waals surface area contributed by atoms with Crippen molar-refractivity contribution in [1.82, 2.24) is 0 Å². The molecule has 112 valence electrons. The molecule has 0 saturated heterocycles. The third kappa shape index (κ3) is 4.13. The van der Waals surface area contributed by atoms with E-state index in [2.05, 4.69) is 25.1 Å². The number of ether oxygens (including phenoxy) is 1. The molecular weight excluding hydrogens is 305 g/mol. The van der Waals surface area contributed by atoms with E-state index in [1.807, 2.05) is 13.0 Å². The van der Waals surface area contributed by atoms with Gasteiger partial charge >= 0.3 is 0 Å². The van der Waals surface area contributed by atoms with Gasteiger partial charge in [0.1, 0.15) is 5.75 Å². The Hall–Kier alpha value is -1.22. The van der Waals surface area contributed by atoms with Gasteiger partial charge in [0.05, 0.1) is 11.6 Å². The molecule has 2 N–H and O–H groups in total. The smallest absolute Gasteiger partial charge is 0.139 e. The Kier molecular flexibility index (Phi) is 5.51. The average molecular weight is 324 g/mol. The molecule has 2 aromatic rings. The van der Waals surface area contributed by atoms with Gasteiger partial charge in [-0.05, 0) is 37.5 Å². The Bertz CT molecular complexity index is 628. The fraction of sp³-hybridized carbons (Fsp3) is 0.294. The summed E-state index contributed by atoms with van der Waals surface area (Å²) in [6, 6.07) is 11.6. The van der Waals surface area contributed by atoms with Gasteiger partial charge in [-0.25, -0.2) is 0 Å². The second-order valence-electron chi connectivity index (χ2n) is 5.04. The minimum absolute atomic E-state index is 0.201. The molecule has 21 heavy (non-hydrogen) atoms. The monoisotopic (exact) mass is 323 g/mol. The fourth-order valence-electron chi connectivity index (χ4n) is 2.30. The summed E-state index contributed by atoms with van der Waals surface area (Å²) in [6.45, 7) is 4.52. The van der Waals surface area contributed by atoms with Crippen LogP contribution in [0.5, 0.6) is 5.75 Å². The maximum atomic E-state index is 6.31. The van der Waals surface area contributed by atoms with Crippen LogP contribution in [-0.4, -0.2) is 6.61 Å². The van der Waals surface area contributed by atoms with E-state index in [0.717, 1.165) is 5.56 Å². The Labute approximate surface area is 135 Å². The van der Waals surface area contributed by atoms with Crippen molar-refractivity contribution in [3.05, 3.63) is 63.1 Å². The maximum Gasteiger partial charge on any atom is 0.139 e. The van der Waals surface area contributed by atoms with E-state index in [0.29, 0.717) is 28.8 Å². The largest absolute Gasteiger partial charge is 0.492 e. The molecule has 2 rings (SSSR count). The van der Waals surface area contributed by atoms with Gasteiger partial charge in [0.25, 0.3) is 0 Å². The zero-order valence-electron chi connectivity index (χ0n) is 12.2. The van der Waals surface area contributed by atoms with Gasteiger partial charge in [-0.2, -0.15) is 0 Å².